The van der Waals surface area contributed by atoms with Gasteiger partial charge in [0.2, 0.25) is 10.0 Å². The molecule has 0 radical (unpaired) electrons. The van der Waals surface area contributed by atoms with E-state index in [2.05, 4.69) is 39.6 Å². The lowest BCUT2D eigenvalue weighted by atomic mass is 9.98. The van der Waals surface area contributed by atoms with E-state index in [9.17, 15) is 12.8 Å². The van der Waals surface area contributed by atoms with Gasteiger partial charge in [-0.2, -0.15) is 0 Å². The Morgan fingerprint density at radius 2 is 1.43 bits per heavy atom. The molecule has 7 heteroatoms. The molecule has 1 heterocycles. The molecule has 1 aromatic heterocycles. The van der Waals surface area contributed by atoms with Crippen LogP contribution in [0.3, 0.4) is 0 Å². The zero-order chi connectivity index (χ0) is 25.8. The summed E-state index contributed by atoms with van der Waals surface area (Å²) in [6.45, 7) is 0.178. The number of nitrogens with zero attached hydrogens (tertiary/aromatic N) is 1. The van der Waals surface area contributed by atoms with Crippen molar-refractivity contribution in [2.45, 2.75) is 18.2 Å². The van der Waals surface area contributed by atoms with Gasteiger partial charge in [-0.1, -0.05) is 90.5 Å². The van der Waals surface area contributed by atoms with Crippen LogP contribution in [-0.4, -0.2) is 19.5 Å². The van der Waals surface area contributed by atoms with E-state index in [1.165, 1.54) is 12.1 Å². The molecule has 1 N–H and O–H groups in total. The maximum absolute atomic E-state index is 14.0. The van der Waals surface area contributed by atoms with Crippen LogP contribution >= 0.6 is 11.6 Å². The summed E-state index contributed by atoms with van der Waals surface area (Å²) in [5, 5.41) is 1.62. The molecule has 5 rings (SSSR count). The minimum absolute atomic E-state index is 0.119. The number of nitrogens with one attached hydrogen (secondary N) is 1. The van der Waals surface area contributed by atoms with E-state index in [0.717, 1.165) is 27.7 Å². The number of hydrogen-bond acceptors (Lipinski definition) is 2. The fraction of sp³-hybridized carbons (Fsp3) is 0.133. The summed E-state index contributed by atoms with van der Waals surface area (Å²) in [6, 6.07) is 34.1. The van der Waals surface area contributed by atoms with Gasteiger partial charge >= 0.3 is 0 Å². The molecule has 0 aliphatic heterocycles. The van der Waals surface area contributed by atoms with Crippen molar-refractivity contribution in [1.82, 2.24) is 9.29 Å². The van der Waals surface area contributed by atoms with Crippen LogP contribution in [0.4, 0.5) is 4.39 Å². The highest BCUT2D eigenvalue weighted by atomic mass is 35.5. The molecule has 0 bridgehead atoms. The minimum atomic E-state index is -3.72. The van der Waals surface area contributed by atoms with E-state index < -0.39 is 21.6 Å². The average Bonchev–Trinajstić information content (AvgIpc) is 3.23. The number of rotatable bonds is 9. The molecule has 0 aliphatic carbocycles. The third-order valence-corrected chi connectivity index (χ3v) is 7.95. The molecule has 4 nitrogen and oxygen atoms in total. The van der Waals surface area contributed by atoms with Crippen LogP contribution in [0.15, 0.2) is 109 Å². The van der Waals surface area contributed by atoms with E-state index in [4.69, 9.17) is 11.6 Å². The fourth-order valence-corrected chi connectivity index (χ4v) is 6.07. The van der Waals surface area contributed by atoms with Crippen LogP contribution in [0.5, 0.6) is 0 Å². The maximum Gasteiger partial charge on any atom is 0.215 e. The number of halogens is 2. The zero-order valence-electron chi connectivity index (χ0n) is 20.0. The van der Waals surface area contributed by atoms with Gasteiger partial charge < -0.3 is 4.57 Å². The van der Waals surface area contributed by atoms with Crippen LogP contribution in [0.1, 0.15) is 28.4 Å². The molecule has 0 atom stereocenters. The Labute approximate surface area is 221 Å². The summed E-state index contributed by atoms with van der Waals surface area (Å²) in [7, 11) is -3.72. The van der Waals surface area contributed by atoms with Crippen LogP contribution < -0.4 is 4.72 Å². The van der Waals surface area contributed by atoms with E-state index >= 15 is 0 Å². The highest BCUT2D eigenvalue weighted by molar-refractivity contribution is 7.88. The predicted octanol–water partition coefficient (Wildman–Crippen LogP) is 6.73. The second-order valence-corrected chi connectivity index (χ2v) is 11.2. The lowest BCUT2D eigenvalue weighted by molar-refractivity contribution is 0.572. The Morgan fingerprint density at radius 1 is 0.811 bits per heavy atom. The Bertz CT molecular complexity index is 1580. The third-order valence-electron chi connectivity index (χ3n) is 6.38. The SMILES string of the molecule is O=S(=O)(Cc1ccccc1F)NCCc1cc2cc(Cl)ccc2n1C(c1ccccc1)c1ccccc1. The van der Waals surface area contributed by atoms with E-state index in [1.54, 1.807) is 12.1 Å². The van der Waals surface area contributed by atoms with Gasteiger partial charge in [0, 0.05) is 40.1 Å². The van der Waals surface area contributed by atoms with Crippen molar-refractivity contribution in [3.63, 3.8) is 0 Å². The molecule has 0 saturated heterocycles. The van der Waals surface area contributed by atoms with Crippen molar-refractivity contribution in [1.29, 1.82) is 0 Å². The van der Waals surface area contributed by atoms with Gasteiger partial charge in [0.1, 0.15) is 5.82 Å². The molecule has 0 amide bonds. The first kappa shape index (κ1) is 25.2. The molecule has 5 aromatic rings. The largest absolute Gasteiger partial charge is 0.333 e. The van der Waals surface area contributed by atoms with Crippen molar-refractivity contribution < 1.29 is 12.8 Å². The number of benzene rings is 4. The van der Waals surface area contributed by atoms with E-state index in [0.29, 0.717) is 11.4 Å². The summed E-state index contributed by atoms with van der Waals surface area (Å²) < 4.78 is 44.4. The monoisotopic (exact) mass is 532 g/mol. The molecule has 0 unspecified atom stereocenters. The first-order valence-electron chi connectivity index (χ1n) is 12.0. The number of sulfonamides is 1. The average molecular weight is 533 g/mol. The molecule has 4 aromatic carbocycles. The van der Waals surface area contributed by atoms with Gasteiger partial charge in [0.15, 0.2) is 0 Å². The van der Waals surface area contributed by atoms with Crippen LogP contribution in [-0.2, 0) is 22.2 Å². The van der Waals surface area contributed by atoms with Crippen LogP contribution in [0, 0.1) is 5.82 Å². The number of aromatic nitrogens is 1. The van der Waals surface area contributed by atoms with Gasteiger partial charge in [-0.05, 0) is 41.5 Å². The predicted molar refractivity (Wildman–Crippen MR) is 148 cm³/mol. The zero-order valence-corrected chi connectivity index (χ0v) is 21.6. The quantitative estimate of drug-likeness (QED) is 0.229. The maximum atomic E-state index is 14.0. The molecule has 0 spiro atoms. The summed E-state index contributed by atoms with van der Waals surface area (Å²) in [5.74, 6) is -0.937. The van der Waals surface area contributed by atoms with Gasteiger partial charge in [-0.25, -0.2) is 17.5 Å². The van der Waals surface area contributed by atoms with Crippen molar-refractivity contribution in [3.8, 4) is 0 Å². The Balaban J connectivity index is 1.50. The van der Waals surface area contributed by atoms with Gasteiger partial charge in [-0.15, -0.1) is 0 Å². The number of hydrogen-bond donors (Lipinski definition) is 1. The van der Waals surface area contributed by atoms with Crippen molar-refractivity contribution in [2.75, 3.05) is 6.54 Å². The number of fused-ring (bicyclic) bond motifs is 1. The minimum Gasteiger partial charge on any atom is -0.333 e. The Hall–Kier alpha value is -3.45. The molecule has 188 valence electrons. The molecule has 0 fully saturated rings. The van der Waals surface area contributed by atoms with Crippen molar-refractivity contribution >= 4 is 32.5 Å². The Morgan fingerprint density at radius 3 is 2.08 bits per heavy atom. The Kier molecular flexibility index (Phi) is 7.42. The summed E-state index contributed by atoms with van der Waals surface area (Å²) in [5.41, 5.74) is 4.34. The fourth-order valence-electron chi connectivity index (χ4n) is 4.73. The van der Waals surface area contributed by atoms with E-state index in [1.807, 2.05) is 54.6 Å². The smallest absolute Gasteiger partial charge is 0.215 e. The summed E-state index contributed by atoms with van der Waals surface area (Å²) >= 11 is 6.32. The van der Waals surface area contributed by atoms with Crippen molar-refractivity contribution in [3.05, 3.63) is 142 Å². The first-order valence-corrected chi connectivity index (χ1v) is 14.0. The second-order valence-electron chi connectivity index (χ2n) is 8.93. The van der Waals surface area contributed by atoms with E-state index in [-0.39, 0.29) is 18.2 Å². The van der Waals surface area contributed by atoms with Gasteiger partial charge in [-0.3, -0.25) is 0 Å². The summed E-state index contributed by atoms with van der Waals surface area (Å²) in [4.78, 5) is 0. The van der Waals surface area contributed by atoms with Gasteiger partial charge in [0.05, 0.1) is 11.8 Å². The lowest BCUT2D eigenvalue weighted by Crippen LogP contribution is -2.28. The van der Waals surface area contributed by atoms with Crippen molar-refractivity contribution in [2.24, 2.45) is 0 Å². The second kappa shape index (κ2) is 10.9. The molecule has 37 heavy (non-hydrogen) atoms. The highest BCUT2D eigenvalue weighted by Crippen LogP contribution is 2.34. The van der Waals surface area contributed by atoms with Gasteiger partial charge in [0.25, 0.3) is 0 Å². The van der Waals surface area contributed by atoms with Crippen LogP contribution in [0.2, 0.25) is 5.02 Å². The molecule has 0 saturated carbocycles. The highest BCUT2D eigenvalue weighted by Gasteiger charge is 2.22. The topological polar surface area (TPSA) is 51.1 Å². The summed E-state index contributed by atoms with van der Waals surface area (Å²) in [6.07, 6.45) is 0.443. The molecule has 0 aliphatic rings. The lowest BCUT2D eigenvalue weighted by Gasteiger charge is -2.24. The molecular formula is C30H26ClFN2O2S. The standard InChI is InChI=1S/C30H26ClFN2O2S/c31-26-15-16-29-25(19-26)20-27(17-18-33-37(35,36)21-24-13-7-8-14-28(24)32)34(29)30(22-9-3-1-4-10-22)23-11-5-2-6-12-23/h1-16,19-20,30,33H,17-18,21H2. The molecular weight excluding hydrogens is 507 g/mol. The first-order chi connectivity index (χ1) is 17.9. The van der Waals surface area contributed by atoms with Crippen LogP contribution in [0.25, 0.3) is 10.9 Å². The third kappa shape index (κ3) is 5.77. The normalized spacial score (nSPS) is 11.9.